The van der Waals surface area contributed by atoms with Gasteiger partial charge in [0.05, 0.1) is 0 Å². The Bertz CT molecular complexity index is 520. The van der Waals surface area contributed by atoms with Crippen molar-refractivity contribution >= 4 is 11.6 Å². The van der Waals surface area contributed by atoms with Crippen molar-refractivity contribution in [3.05, 3.63) is 65.7 Å². The summed E-state index contributed by atoms with van der Waals surface area (Å²) in [5.74, 6) is -0.204. The van der Waals surface area contributed by atoms with Crippen molar-refractivity contribution in [1.82, 2.24) is 0 Å². The quantitative estimate of drug-likeness (QED) is 0.866. The molecule has 18 heavy (non-hydrogen) atoms. The molecule has 1 unspecified atom stereocenters. The molecule has 2 rings (SSSR count). The lowest BCUT2D eigenvalue weighted by molar-refractivity contribution is -0.117. The van der Waals surface area contributed by atoms with Crippen LogP contribution in [0.5, 0.6) is 0 Å². The number of nitrogens with one attached hydrogen (secondary N) is 1. The van der Waals surface area contributed by atoms with Gasteiger partial charge in [-0.3, -0.25) is 4.79 Å². The number of anilines is 1. The zero-order valence-electron chi connectivity index (χ0n) is 10.3. The van der Waals surface area contributed by atoms with Crippen LogP contribution >= 0.6 is 0 Å². The monoisotopic (exact) mass is 240 g/mol. The molecule has 92 valence electrons. The molecule has 0 aliphatic carbocycles. The standard InChI is InChI=1S/C15H16N2O/c1-11-7-9-13(10-8-11)17-15(18)14(16)12-5-3-2-4-6-12/h2-10,14H,16H2,1H3,(H,17,18). The number of carbonyl (C=O) groups excluding carboxylic acids is 1. The fourth-order valence-electron chi connectivity index (χ4n) is 1.67. The van der Waals surface area contributed by atoms with Crippen molar-refractivity contribution in [2.75, 3.05) is 5.32 Å². The average Bonchev–Trinajstić information content (AvgIpc) is 2.41. The highest BCUT2D eigenvalue weighted by molar-refractivity contribution is 5.95. The van der Waals surface area contributed by atoms with Gasteiger partial charge in [0.2, 0.25) is 5.91 Å². The number of hydrogen-bond donors (Lipinski definition) is 2. The van der Waals surface area contributed by atoms with Crippen LogP contribution in [-0.2, 0) is 4.79 Å². The van der Waals surface area contributed by atoms with Gasteiger partial charge in [-0.05, 0) is 24.6 Å². The zero-order chi connectivity index (χ0) is 13.0. The van der Waals surface area contributed by atoms with Gasteiger partial charge in [-0.25, -0.2) is 0 Å². The smallest absolute Gasteiger partial charge is 0.245 e. The number of rotatable bonds is 3. The SMILES string of the molecule is Cc1ccc(NC(=O)C(N)c2ccccc2)cc1. The molecule has 1 atom stereocenters. The first-order chi connectivity index (χ1) is 8.66. The third-order valence-corrected chi connectivity index (χ3v) is 2.76. The van der Waals surface area contributed by atoms with Crippen molar-refractivity contribution in [1.29, 1.82) is 0 Å². The summed E-state index contributed by atoms with van der Waals surface area (Å²) in [5.41, 5.74) is 8.63. The minimum absolute atomic E-state index is 0.204. The van der Waals surface area contributed by atoms with E-state index in [0.717, 1.165) is 16.8 Å². The van der Waals surface area contributed by atoms with Gasteiger partial charge in [-0.1, -0.05) is 48.0 Å². The van der Waals surface area contributed by atoms with E-state index in [0.29, 0.717) is 0 Å². The molecule has 0 aliphatic rings. The molecule has 3 N–H and O–H groups in total. The van der Waals surface area contributed by atoms with Gasteiger partial charge < -0.3 is 11.1 Å². The Labute approximate surface area is 107 Å². The van der Waals surface area contributed by atoms with Crippen LogP contribution in [0.4, 0.5) is 5.69 Å². The molecule has 0 aromatic heterocycles. The molecule has 0 aliphatic heterocycles. The van der Waals surface area contributed by atoms with Gasteiger partial charge in [0, 0.05) is 5.69 Å². The van der Waals surface area contributed by atoms with E-state index < -0.39 is 6.04 Å². The molecule has 0 spiro atoms. The molecular formula is C15H16N2O. The van der Waals surface area contributed by atoms with Crippen molar-refractivity contribution in [2.45, 2.75) is 13.0 Å². The summed E-state index contributed by atoms with van der Waals surface area (Å²) in [4.78, 5) is 12.0. The molecule has 0 radical (unpaired) electrons. The molecule has 1 amide bonds. The average molecular weight is 240 g/mol. The van der Waals surface area contributed by atoms with Crippen LogP contribution in [0.2, 0.25) is 0 Å². The van der Waals surface area contributed by atoms with Crippen LogP contribution in [0, 0.1) is 6.92 Å². The first kappa shape index (κ1) is 12.3. The number of aryl methyl sites for hydroxylation is 1. The van der Waals surface area contributed by atoms with Gasteiger partial charge in [0.15, 0.2) is 0 Å². The first-order valence-corrected chi connectivity index (χ1v) is 5.85. The Morgan fingerprint density at radius 3 is 2.28 bits per heavy atom. The van der Waals surface area contributed by atoms with E-state index in [9.17, 15) is 4.79 Å². The molecule has 0 saturated carbocycles. The topological polar surface area (TPSA) is 55.1 Å². The Balaban J connectivity index is 2.06. The Hall–Kier alpha value is -2.13. The predicted molar refractivity (Wildman–Crippen MR) is 73.2 cm³/mol. The largest absolute Gasteiger partial charge is 0.324 e. The summed E-state index contributed by atoms with van der Waals surface area (Å²) in [5, 5.41) is 2.80. The molecule has 2 aromatic carbocycles. The van der Waals surface area contributed by atoms with E-state index in [-0.39, 0.29) is 5.91 Å². The van der Waals surface area contributed by atoms with Crippen LogP contribution in [0.15, 0.2) is 54.6 Å². The summed E-state index contributed by atoms with van der Waals surface area (Å²) < 4.78 is 0. The van der Waals surface area contributed by atoms with Gasteiger partial charge in [-0.15, -0.1) is 0 Å². The van der Waals surface area contributed by atoms with E-state index in [2.05, 4.69) is 5.32 Å². The number of amides is 1. The zero-order valence-corrected chi connectivity index (χ0v) is 10.3. The van der Waals surface area contributed by atoms with E-state index in [1.165, 1.54) is 0 Å². The fourth-order valence-corrected chi connectivity index (χ4v) is 1.67. The number of benzene rings is 2. The van der Waals surface area contributed by atoms with Crippen LogP contribution < -0.4 is 11.1 Å². The minimum atomic E-state index is -0.646. The van der Waals surface area contributed by atoms with Crippen molar-refractivity contribution in [3.8, 4) is 0 Å². The maximum absolute atomic E-state index is 12.0. The van der Waals surface area contributed by atoms with Crippen LogP contribution in [0.1, 0.15) is 17.2 Å². The fraction of sp³-hybridized carbons (Fsp3) is 0.133. The van der Waals surface area contributed by atoms with Crippen LogP contribution in [-0.4, -0.2) is 5.91 Å². The first-order valence-electron chi connectivity index (χ1n) is 5.85. The molecule has 0 bridgehead atoms. The Kier molecular flexibility index (Phi) is 3.75. The highest BCUT2D eigenvalue weighted by atomic mass is 16.2. The van der Waals surface area contributed by atoms with Crippen LogP contribution in [0.25, 0.3) is 0 Å². The summed E-state index contributed by atoms with van der Waals surface area (Å²) in [6, 6.07) is 16.3. The summed E-state index contributed by atoms with van der Waals surface area (Å²) in [6.45, 7) is 2.00. The lowest BCUT2D eigenvalue weighted by Crippen LogP contribution is -2.27. The molecule has 3 heteroatoms. The second kappa shape index (κ2) is 5.47. The number of hydrogen-bond acceptors (Lipinski definition) is 2. The normalized spacial score (nSPS) is 11.9. The van der Waals surface area contributed by atoms with E-state index in [1.54, 1.807) is 0 Å². The second-order valence-corrected chi connectivity index (χ2v) is 4.24. The highest BCUT2D eigenvalue weighted by Crippen LogP contribution is 2.14. The second-order valence-electron chi connectivity index (χ2n) is 4.24. The maximum Gasteiger partial charge on any atom is 0.245 e. The van der Waals surface area contributed by atoms with Gasteiger partial charge in [0.1, 0.15) is 6.04 Å². The molecule has 3 nitrogen and oxygen atoms in total. The molecular weight excluding hydrogens is 224 g/mol. The number of nitrogens with two attached hydrogens (primary N) is 1. The highest BCUT2D eigenvalue weighted by Gasteiger charge is 2.15. The Morgan fingerprint density at radius 2 is 1.67 bits per heavy atom. The van der Waals surface area contributed by atoms with Crippen molar-refractivity contribution < 1.29 is 4.79 Å². The lowest BCUT2D eigenvalue weighted by atomic mass is 10.1. The van der Waals surface area contributed by atoms with Gasteiger partial charge >= 0.3 is 0 Å². The minimum Gasteiger partial charge on any atom is -0.324 e. The predicted octanol–water partition coefficient (Wildman–Crippen LogP) is 2.63. The van der Waals surface area contributed by atoms with E-state index >= 15 is 0 Å². The van der Waals surface area contributed by atoms with Gasteiger partial charge in [0.25, 0.3) is 0 Å². The lowest BCUT2D eigenvalue weighted by Gasteiger charge is -2.12. The Morgan fingerprint density at radius 1 is 1.06 bits per heavy atom. The third kappa shape index (κ3) is 2.96. The molecule has 0 saturated heterocycles. The van der Waals surface area contributed by atoms with E-state index in [1.807, 2.05) is 61.5 Å². The summed E-state index contributed by atoms with van der Waals surface area (Å²) in [7, 11) is 0. The third-order valence-electron chi connectivity index (χ3n) is 2.76. The van der Waals surface area contributed by atoms with Crippen LogP contribution in [0.3, 0.4) is 0 Å². The van der Waals surface area contributed by atoms with E-state index in [4.69, 9.17) is 5.73 Å². The van der Waals surface area contributed by atoms with Crippen molar-refractivity contribution in [2.24, 2.45) is 5.73 Å². The molecule has 0 heterocycles. The van der Waals surface area contributed by atoms with Gasteiger partial charge in [-0.2, -0.15) is 0 Å². The van der Waals surface area contributed by atoms with Crippen molar-refractivity contribution in [3.63, 3.8) is 0 Å². The molecule has 2 aromatic rings. The maximum atomic E-state index is 12.0. The molecule has 0 fully saturated rings. The number of carbonyl (C=O) groups is 1. The summed E-state index contributed by atoms with van der Waals surface area (Å²) in [6.07, 6.45) is 0. The summed E-state index contributed by atoms with van der Waals surface area (Å²) >= 11 is 0.